The Morgan fingerprint density at radius 1 is 0.452 bits per heavy atom. The van der Waals surface area contributed by atoms with E-state index < -0.39 is 0 Å². The summed E-state index contributed by atoms with van der Waals surface area (Å²) >= 11 is 25.5. The highest BCUT2D eigenvalue weighted by Crippen LogP contribution is 2.43. The number of benzene rings is 2. The van der Waals surface area contributed by atoms with E-state index >= 15 is 0 Å². The van der Waals surface area contributed by atoms with Crippen molar-refractivity contribution in [3.05, 3.63) is 32.2 Å². The van der Waals surface area contributed by atoms with Gasteiger partial charge in [0.25, 0.3) is 0 Å². The number of nitrogens with zero attached hydrogens (tertiary/aromatic N) is 2. The Labute approximate surface area is 273 Å². The van der Waals surface area contributed by atoms with Gasteiger partial charge in [0.2, 0.25) is 0 Å². The third-order valence-electron chi connectivity index (χ3n) is 7.73. The number of aromatic nitrogens is 2. The van der Waals surface area contributed by atoms with Crippen LogP contribution in [0, 0.1) is 0 Å². The van der Waals surface area contributed by atoms with Gasteiger partial charge in [-0.05, 0) is 12.8 Å². The van der Waals surface area contributed by atoms with Crippen LogP contribution >= 0.6 is 46.4 Å². The van der Waals surface area contributed by atoms with E-state index in [1.54, 1.807) is 0 Å². The number of unbranched alkanes of at least 4 members (excludes halogenated alkanes) is 16. The topological polar surface area (TPSA) is 44.2 Å². The zero-order valence-electron chi connectivity index (χ0n) is 25.5. The second kappa shape index (κ2) is 20.0. The van der Waals surface area contributed by atoms with Crippen LogP contribution in [-0.4, -0.2) is 23.2 Å². The number of ether oxygens (including phenoxy) is 2. The Bertz CT molecular complexity index is 1140. The van der Waals surface area contributed by atoms with E-state index in [1.165, 1.54) is 89.9 Å². The van der Waals surface area contributed by atoms with Gasteiger partial charge in [0.1, 0.15) is 11.0 Å². The summed E-state index contributed by atoms with van der Waals surface area (Å²) in [6, 6.07) is 3.77. The van der Waals surface area contributed by atoms with Crippen LogP contribution in [0.15, 0.2) is 12.1 Å². The molecule has 0 saturated heterocycles. The molecule has 0 saturated carbocycles. The largest absolute Gasteiger partial charge is 0.490 e. The SMILES string of the molecule is CCCCCCCCCCCOc1cc2nc3c(Cl)c(Cl)c(Cl)c(Cl)c3nc2cc1OCCCCCCCCCCC. The summed E-state index contributed by atoms with van der Waals surface area (Å²) in [6.07, 6.45) is 22.8. The van der Waals surface area contributed by atoms with Crippen LogP contribution in [0.4, 0.5) is 0 Å². The minimum atomic E-state index is 0.173. The summed E-state index contributed by atoms with van der Waals surface area (Å²) in [5.41, 5.74) is 2.10. The third-order valence-corrected chi connectivity index (χ3v) is 9.52. The van der Waals surface area contributed by atoms with Gasteiger partial charge in [-0.25, -0.2) is 9.97 Å². The number of hydrogen-bond donors (Lipinski definition) is 0. The van der Waals surface area contributed by atoms with Crippen LogP contribution in [0.2, 0.25) is 20.1 Å². The van der Waals surface area contributed by atoms with Gasteiger partial charge in [-0.15, -0.1) is 0 Å². The van der Waals surface area contributed by atoms with E-state index in [0.717, 1.165) is 25.7 Å². The molecule has 0 bridgehead atoms. The van der Waals surface area contributed by atoms with Gasteiger partial charge in [-0.3, -0.25) is 0 Å². The zero-order chi connectivity index (χ0) is 30.2. The lowest BCUT2D eigenvalue weighted by atomic mass is 10.1. The average Bonchev–Trinajstić information content (AvgIpc) is 3.00. The highest BCUT2D eigenvalue weighted by molar-refractivity contribution is 6.55. The van der Waals surface area contributed by atoms with Gasteiger partial charge in [-0.2, -0.15) is 0 Å². The Kier molecular flexibility index (Phi) is 16.8. The second-order valence-corrected chi connectivity index (χ2v) is 12.8. The molecule has 0 spiro atoms. The maximum Gasteiger partial charge on any atom is 0.163 e. The standard InChI is InChI=1S/C34H48Cl4N2O2/c1-3-5-7-9-11-13-15-17-19-21-41-27-23-25-26(40-34-32(38)30(36)29(35)31(37)33(34)39-25)24-28(27)42-22-20-18-16-14-12-10-8-6-4-2/h23-24H,3-22H2,1-2H3. The zero-order valence-corrected chi connectivity index (χ0v) is 28.5. The van der Waals surface area contributed by atoms with Crippen molar-refractivity contribution >= 4 is 68.5 Å². The molecule has 2 aromatic carbocycles. The van der Waals surface area contributed by atoms with Crippen LogP contribution in [0.1, 0.15) is 129 Å². The molecule has 0 N–H and O–H groups in total. The summed E-state index contributed by atoms with van der Waals surface area (Å²) in [7, 11) is 0. The van der Waals surface area contributed by atoms with Crippen molar-refractivity contribution in [3.8, 4) is 11.5 Å². The lowest BCUT2D eigenvalue weighted by Crippen LogP contribution is -2.04. The van der Waals surface area contributed by atoms with Crippen LogP contribution in [0.3, 0.4) is 0 Å². The molecule has 0 amide bonds. The Morgan fingerprint density at radius 2 is 0.762 bits per heavy atom. The molecule has 4 nitrogen and oxygen atoms in total. The van der Waals surface area contributed by atoms with Crippen LogP contribution in [0.5, 0.6) is 11.5 Å². The second-order valence-electron chi connectivity index (χ2n) is 11.3. The van der Waals surface area contributed by atoms with E-state index in [4.69, 9.17) is 65.8 Å². The van der Waals surface area contributed by atoms with Gasteiger partial charge in [0.15, 0.2) is 11.5 Å². The van der Waals surface area contributed by atoms with Crippen LogP contribution in [0.25, 0.3) is 22.1 Å². The smallest absolute Gasteiger partial charge is 0.163 e. The molecule has 3 aromatic rings. The van der Waals surface area contributed by atoms with Crippen molar-refractivity contribution in [2.75, 3.05) is 13.2 Å². The lowest BCUT2D eigenvalue weighted by Gasteiger charge is -2.15. The maximum atomic E-state index is 6.47. The molecular formula is C34H48Cl4N2O2. The van der Waals surface area contributed by atoms with Gasteiger partial charge in [-0.1, -0.05) is 163 Å². The van der Waals surface area contributed by atoms with Crippen molar-refractivity contribution in [1.29, 1.82) is 0 Å². The summed E-state index contributed by atoms with van der Waals surface area (Å²) in [4.78, 5) is 9.48. The minimum Gasteiger partial charge on any atom is -0.490 e. The first-order valence-electron chi connectivity index (χ1n) is 16.2. The number of rotatable bonds is 22. The molecule has 8 heteroatoms. The molecule has 0 aliphatic carbocycles. The Hall–Kier alpha value is -1.20. The van der Waals surface area contributed by atoms with Crippen molar-refractivity contribution in [3.63, 3.8) is 0 Å². The first-order chi connectivity index (χ1) is 20.5. The molecule has 0 aliphatic heterocycles. The molecule has 0 fully saturated rings. The van der Waals surface area contributed by atoms with E-state index in [-0.39, 0.29) is 20.1 Å². The fourth-order valence-corrected chi connectivity index (χ4v) is 6.10. The normalized spacial score (nSPS) is 11.6. The molecule has 1 aromatic heterocycles. The molecule has 0 unspecified atom stereocenters. The molecule has 234 valence electrons. The van der Waals surface area contributed by atoms with Gasteiger partial charge in [0, 0.05) is 12.1 Å². The fourth-order valence-electron chi connectivity index (χ4n) is 5.19. The third kappa shape index (κ3) is 11.1. The number of fused-ring (bicyclic) bond motifs is 2. The monoisotopic (exact) mass is 656 g/mol. The van der Waals surface area contributed by atoms with E-state index in [0.29, 0.717) is 46.8 Å². The van der Waals surface area contributed by atoms with E-state index in [1.807, 2.05) is 12.1 Å². The fraction of sp³-hybridized carbons (Fsp3) is 0.647. The summed E-state index contributed by atoms with van der Waals surface area (Å²) in [5.74, 6) is 1.35. The van der Waals surface area contributed by atoms with Gasteiger partial charge in [0.05, 0.1) is 44.3 Å². The maximum absolute atomic E-state index is 6.47. The molecule has 0 radical (unpaired) electrons. The molecule has 0 aliphatic rings. The Morgan fingerprint density at radius 3 is 1.10 bits per heavy atom. The lowest BCUT2D eigenvalue weighted by molar-refractivity contribution is 0.259. The van der Waals surface area contributed by atoms with Gasteiger partial charge >= 0.3 is 0 Å². The average molecular weight is 659 g/mol. The molecule has 42 heavy (non-hydrogen) atoms. The number of hydrogen-bond acceptors (Lipinski definition) is 4. The van der Waals surface area contributed by atoms with Gasteiger partial charge < -0.3 is 9.47 Å². The summed E-state index contributed by atoms with van der Waals surface area (Å²) < 4.78 is 12.5. The molecular weight excluding hydrogens is 610 g/mol. The van der Waals surface area contributed by atoms with Crippen LogP contribution in [-0.2, 0) is 0 Å². The van der Waals surface area contributed by atoms with Crippen molar-refractivity contribution in [1.82, 2.24) is 9.97 Å². The quantitative estimate of drug-likeness (QED) is 0.0466. The predicted molar refractivity (Wildman–Crippen MR) is 183 cm³/mol. The summed E-state index contributed by atoms with van der Waals surface area (Å²) in [5, 5.41) is 0.816. The first kappa shape index (κ1) is 35.3. The highest BCUT2D eigenvalue weighted by atomic mass is 35.5. The Balaban J connectivity index is 1.63. The van der Waals surface area contributed by atoms with Crippen LogP contribution < -0.4 is 9.47 Å². The number of halogens is 4. The first-order valence-corrected chi connectivity index (χ1v) is 17.7. The van der Waals surface area contributed by atoms with Crippen molar-refractivity contribution < 1.29 is 9.47 Å². The van der Waals surface area contributed by atoms with E-state index in [2.05, 4.69) is 13.8 Å². The predicted octanol–water partition coefficient (Wildman–Crippen LogP) is 13.2. The molecule has 0 atom stereocenters. The molecule has 3 rings (SSSR count). The van der Waals surface area contributed by atoms with Crippen molar-refractivity contribution in [2.24, 2.45) is 0 Å². The summed E-state index contributed by atoms with van der Waals surface area (Å²) in [6.45, 7) is 5.78. The minimum absolute atomic E-state index is 0.173. The highest BCUT2D eigenvalue weighted by Gasteiger charge is 2.19. The van der Waals surface area contributed by atoms with E-state index in [9.17, 15) is 0 Å². The van der Waals surface area contributed by atoms with Crippen molar-refractivity contribution in [2.45, 2.75) is 129 Å². The molecule has 1 heterocycles.